The number of rotatable bonds is 12. The van der Waals surface area contributed by atoms with Crippen LogP contribution in [0.5, 0.6) is 5.88 Å². The fourth-order valence-corrected chi connectivity index (χ4v) is 14.1. The minimum atomic E-state index is -4.63. The van der Waals surface area contributed by atoms with Crippen LogP contribution in [0.15, 0.2) is 83.9 Å². The number of amides is 1. The minimum Gasteiger partial charge on any atom is -0.468 e. The van der Waals surface area contributed by atoms with Crippen molar-refractivity contribution >= 4 is 55.4 Å². The molecule has 2 saturated carbocycles. The molecule has 4 atom stereocenters. The summed E-state index contributed by atoms with van der Waals surface area (Å²) in [6.07, 6.45) is 10.5. The molecule has 0 radical (unpaired) electrons. The van der Waals surface area contributed by atoms with Crippen molar-refractivity contribution in [2.45, 2.75) is 145 Å². The topological polar surface area (TPSA) is 216 Å². The molecule has 18 heteroatoms. The first kappa shape index (κ1) is 50.4. The number of nitrogens with zero attached hydrogens (tertiary/aromatic N) is 5. The highest BCUT2D eigenvalue weighted by Gasteiger charge is 2.52. The fraction of sp³-hybridized carbons (Fsp3) is 0.536. The summed E-state index contributed by atoms with van der Waals surface area (Å²) < 4.78 is 43.1. The van der Waals surface area contributed by atoms with Crippen molar-refractivity contribution in [2.75, 3.05) is 54.5 Å². The van der Waals surface area contributed by atoms with Gasteiger partial charge in [-0.25, -0.2) is 13.1 Å². The zero-order valence-electron chi connectivity index (χ0n) is 42.9. The van der Waals surface area contributed by atoms with Gasteiger partial charge in [-0.3, -0.25) is 19.8 Å². The van der Waals surface area contributed by atoms with Crippen molar-refractivity contribution in [2.24, 2.45) is 11.3 Å². The maximum Gasteiger partial charge on any atom is 0.293 e. The summed E-state index contributed by atoms with van der Waals surface area (Å²) in [7, 11) is -4.63. The van der Waals surface area contributed by atoms with Gasteiger partial charge >= 0.3 is 0 Å². The van der Waals surface area contributed by atoms with Crippen LogP contribution < -0.4 is 24.6 Å². The molecule has 1 amide bonds. The molecule has 3 saturated heterocycles. The number of aliphatic hydroxyl groups is 2. The number of benzene rings is 3. The van der Waals surface area contributed by atoms with Crippen LogP contribution in [0, 0.1) is 21.4 Å². The molecule has 5 N–H and O–H groups in total. The van der Waals surface area contributed by atoms with Crippen LogP contribution in [-0.2, 0) is 14.8 Å². The van der Waals surface area contributed by atoms with Crippen molar-refractivity contribution < 1.29 is 37.8 Å². The molecule has 6 heterocycles. The lowest BCUT2D eigenvalue weighted by Gasteiger charge is -2.59. The zero-order chi connectivity index (χ0) is 51.7. The predicted molar refractivity (Wildman–Crippen MR) is 284 cm³/mol. The number of carbonyl (C=O) groups is 1. The number of anilines is 4. The predicted octanol–water partition coefficient (Wildman–Crippen LogP) is 9.09. The van der Waals surface area contributed by atoms with E-state index in [4.69, 9.17) is 14.5 Å². The smallest absolute Gasteiger partial charge is 0.293 e. The number of likely N-dealkylation sites (tertiary alicyclic amines) is 1. The van der Waals surface area contributed by atoms with Gasteiger partial charge in [0.1, 0.15) is 23.1 Å². The molecule has 0 unspecified atom stereocenters. The number of nitrogens with one attached hydrogen (secondary N) is 3. The number of hydrogen-bond donors (Lipinski definition) is 5. The SMILES string of the molecule is CC(C)c1ccccc1[C@@H]1CC[C@@](C)(O)CN1C1CC2(CCN(c3ccc(C(=O)NS(=O)(=O)c4ccc(NC[C@H]5CC[C@](C)(O)CC5)c([N+](=O)[O-])c4)c(N4c5cc6cc[nH]c6nc5O[C@H]5COCC[C@@H]54)c3)CC2)C1. The number of nitro benzene ring substituents is 1. The van der Waals surface area contributed by atoms with Gasteiger partial charge in [-0.1, -0.05) is 38.1 Å². The highest BCUT2D eigenvalue weighted by atomic mass is 32.2. The molecule has 394 valence electrons. The molecule has 2 aromatic heterocycles. The Morgan fingerprint density at radius 2 is 1.69 bits per heavy atom. The molecule has 3 aromatic carbocycles. The summed E-state index contributed by atoms with van der Waals surface area (Å²) in [5.74, 6) is 0.0679. The first-order chi connectivity index (χ1) is 35.3. The van der Waals surface area contributed by atoms with Crippen LogP contribution in [0.1, 0.15) is 132 Å². The van der Waals surface area contributed by atoms with E-state index >= 15 is 0 Å². The van der Waals surface area contributed by atoms with E-state index in [2.05, 4.69) is 67.8 Å². The van der Waals surface area contributed by atoms with Crippen molar-refractivity contribution in [3.8, 4) is 5.88 Å². The number of aromatic amines is 1. The molecule has 11 rings (SSSR count). The van der Waals surface area contributed by atoms with E-state index in [1.165, 1.54) is 23.3 Å². The second kappa shape index (κ2) is 19.4. The Bertz CT molecular complexity index is 3040. The van der Waals surface area contributed by atoms with Crippen LogP contribution in [0.4, 0.5) is 28.4 Å². The van der Waals surface area contributed by atoms with Gasteiger partial charge in [0.15, 0.2) is 0 Å². The first-order valence-electron chi connectivity index (χ1n) is 26.6. The number of ether oxygens (including phenoxy) is 2. The first-order valence-corrected chi connectivity index (χ1v) is 28.1. The second-order valence-electron chi connectivity index (χ2n) is 23.1. The Balaban J connectivity index is 0.868. The van der Waals surface area contributed by atoms with E-state index in [1.54, 1.807) is 12.3 Å². The number of fused-ring (bicyclic) bond motifs is 3. The molecule has 5 aromatic rings. The summed E-state index contributed by atoms with van der Waals surface area (Å²) >= 11 is 0. The van der Waals surface area contributed by atoms with Crippen molar-refractivity contribution in [1.29, 1.82) is 0 Å². The number of aromatic nitrogens is 2. The summed E-state index contributed by atoms with van der Waals surface area (Å²) in [6, 6.07) is 22.2. The maximum absolute atomic E-state index is 14.7. The number of piperidine rings is 2. The number of hydrogen-bond acceptors (Lipinski definition) is 14. The second-order valence-corrected chi connectivity index (χ2v) is 24.8. The third-order valence-electron chi connectivity index (χ3n) is 17.4. The Morgan fingerprint density at radius 1 is 0.932 bits per heavy atom. The van der Waals surface area contributed by atoms with Crippen LogP contribution in [-0.4, -0.2) is 113 Å². The summed E-state index contributed by atoms with van der Waals surface area (Å²) in [5.41, 5.74) is 3.99. The maximum atomic E-state index is 14.7. The van der Waals surface area contributed by atoms with E-state index in [9.17, 15) is 33.5 Å². The molecular weight excluding hydrogens is 961 g/mol. The Labute approximate surface area is 433 Å². The average Bonchev–Trinajstić information content (AvgIpc) is 3.83. The molecule has 1 spiro atoms. The largest absolute Gasteiger partial charge is 0.468 e. The molecule has 6 aliphatic rings. The highest BCUT2D eigenvalue weighted by molar-refractivity contribution is 7.90. The third-order valence-corrected chi connectivity index (χ3v) is 18.7. The normalized spacial score (nSPS) is 27.3. The summed E-state index contributed by atoms with van der Waals surface area (Å²) in [4.78, 5) is 41.1. The fourth-order valence-electron chi connectivity index (χ4n) is 13.1. The lowest BCUT2D eigenvalue weighted by molar-refractivity contribution is -0.384. The number of carbonyl (C=O) groups excluding carboxylic acids is 1. The van der Waals surface area contributed by atoms with Crippen LogP contribution >= 0.6 is 0 Å². The van der Waals surface area contributed by atoms with E-state index in [1.807, 2.05) is 38.1 Å². The van der Waals surface area contributed by atoms with E-state index < -0.39 is 48.7 Å². The number of pyridine rings is 1. The zero-order valence-corrected chi connectivity index (χ0v) is 43.7. The summed E-state index contributed by atoms with van der Waals surface area (Å²) in [5, 5.41) is 38.2. The van der Waals surface area contributed by atoms with Gasteiger partial charge in [0.25, 0.3) is 21.6 Å². The molecule has 4 aliphatic heterocycles. The van der Waals surface area contributed by atoms with Gasteiger partial charge in [0.05, 0.1) is 44.9 Å². The van der Waals surface area contributed by atoms with Crippen LogP contribution in [0.2, 0.25) is 0 Å². The standard InChI is InChI=1S/C56H70N8O9S/c1-35(2)41-7-5-6-8-42(41)45-15-20-55(4,67)34-62(45)39-30-56(31-39)21-24-61(25-22-56)38-9-11-43(47(28-38)63-46-17-26-72-33-50(46)73-53-49(63)27-37-16-23-57-51(37)59-53)52(65)60-74(70,71)40-10-12-44(48(29-40)64(68)69)58-32-36-13-18-54(3,66)19-14-36/h5-12,16,23,27-29,35-36,39,45-46,50,58,66-67H,13-15,17-22,24-26,30-34H2,1-4H3,(H,57,59)(H,60,65)/t36-,45-,46-,50-,54-,55+/m0/s1. The van der Waals surface area contributed by atoms with Gasteiger partial charge in [0.2, 0.25) is 5.88 Å². The number of H-pyrrole nitrogens is 1. The van der Waals surface area contributed by atoms with Gasteiger partial charge in [-0.2, -0.15) is 4.98 Å². The van der Waals surface area contributed by atoms with Gasteiger partial charge in [0, 0.05) is 68.2 Å². The molecule has 17 nitrogen and oxygen atoms in total. The molecular formula is C56H70N8O9S. The lowest BCUT2D eigenvalue weighted by atomic mass is 9.59. The Kier molecular flexibility index (Phi) is 13.2. The van der Waals surface area contributed by atoms with Crippen LogP contribution in [0.25, 0.3) is 11.0 Å². The van der Waals surface area contributed by atoms with Gasteiger partial charge in [-0.15, -0.1) is 0 Å². The molecule has 5 fully saturated rings. The third kappa shape index (κ3) is 9.83. The van der Waals surface area contributed by atoms with Crippen molar-refractivity contribution in [3.63, 3.8) is 0 Å². The minimum absolute atomic E-state index is 0.102. The summed E-state index contributed by atoms with van der Waals surface area (Å²) in [6.45, 7) is 11.7. The lowest BCUT2D eigenvalue weighted by Crippen LogP contribution is -2.60. The Morgan fingerprint density at radius 3 is 2.45 bits per heavy atom. The van der Waals surface area contributed by atoms with Crippen molar-refractivity contribution in [3.05, 3.63) is 106 Å². The van der Waals surface area contributed by atoms with E-state index in [0.29, 0.717) is 80.4 Å². The highest BCUT2D eigenvalue weighted by Crippen LogP contribution is 2.55. The number of β-amino-alcohol motifs (C(OH)–C–C–N with tert-alkyl or cyclic N) is 1. The quantitative estimate of drug-likeness (QED) is 0.0582. The van der Waals surface area contributed by atoms with Crippen LogP contribution in [0.3, 0.4) is 0 Å². The van der Waals surface area contributed by atoms with Gasteiger partial charge < -0.3 is 39.8 Å². The molecule has 2 aliphatic carbocycles. The van der Waals surface area contributed by atoms with E-state index in [0.717, 1.165) is 81.6 Å². The van der Waals surface area contributed by atoms with Gasteiger partial charge in [-0.05, 0) is 155 Å². The monoisotopic (exact) mass is 1030 g/mol. The number of sulfonamides is 1. The Hall–Kier alpha value is -5.79. The molecule has 74 heavy (non-hydrogen) atoms. The molecule has 0 bridgehead atoms. The number of nitro groups is 1. The average molecular weight is 1030 g/mol. The van der Waals surface area contributed by atoms with Crippen molar-refractivity contribution in [1.82, 2.24) is 19.6 Å². The van der Waals surface area contributed by atoms with E-state index in [-0.39, 0.29) is 34.7 Å².